The molecular formula is C21H25NO4. The third-order valence-electron chi connectivity index (χ3n) is 4.16. The molecule has 1 aliphatic heterocycles. The molecule has 1 fully saturated rings. The van der Waals surface area contributed by atoms with Gasteiger partial charge in [0.25, 0.3) is 5.91 Å². The van der Waals surface area contributed by atoms with Gasteiger partial charge in [-0.15, -0.1) is 0 Å². The number of amides is 1. The minimum absolute atomic E-state index is 0.153. The first-order chi connectivity index (χ1) is 12.7. The minimum Gasteiger partial charge on any atom is -0.494 e. The van der Waals surface area contributed by atoms with Gasteiger partial charge in [0.05, 0.1) is 12.7 Å². The molecule has 0 unspecified atom stereocenters. The second kappa shape index (κ2) is 9.25. The van der Waals surface area contributed by atoms with Crippen LogP contribution in [0.15, 0.2) is 48.5 Å². The van der Waals surface area contributed by atoms with Crippen molar-refractivity contribution in [2.24, 2.45) is 0 Å². The van der Waals surface area contributed by atoms with E-state index in [1.54, 1.807) is 12.1 Å². The highest BCUT2D eigenvalue weighted by Crippen LogP contribution is 2.19. The summed E-state index contributed by atoms with van der Waals surface area (Å²) in [5.74, 6) is 1.40. The Balaban J connectivity index is 1.50. The Morgan fingerprint density at radius 2 is 1.77 bits per heavy atom. The van der Waals surface area contributed by atoms with Crippen molar-refractivity contribution >= 4 is 11.6 Å². The van der Waals surface area contributed by atoms with Gasteiger partial charge in [-0.05, 0) is 67.8 Å². The molecule has 1 saturated heterocycles. The lowest BCUT2D eigenvalue weighted by molar-refractivity contribution is 0.0679. The van der Waals surface area contributed by atoms with Gasteiger partial charge < -0.3 is 19.5 Å². The summed E-state index contributed by atoms with van der Waals surface area (Å²) in [7, 11) is 0. The lowest BCUT2D eigenvalue weighted by atomic mass is 10.2. The van der Waals surface area contributed by atoms with E-state index in [1.807, 2.05) is 36.4 Å². The first-order valence-electron chi connectivity index (χ1n) is 9.13. The summed E-state index contributed by atoms with van der Waals surface area (Å²) >= 11 is 0. The SMILES string of the molecule is CCCOc1ccc(C(=O)Nc2ccc(OC[C@@H]3CCCO3)cc2)cc1. The van der Waals surface area contributed by atoms with E-state index >= 15 is 0 Å². The fraction of sp³-hybridized carbons (Fsp3) is 0.381. The Bertz CT molecular complexity index is 691. The molecule has 2 aromatic carbocycles. The van der Waals surface area contributed by atoms with Crippen LogP contribution >= 0.6 is 0 Å². The van der Waals surface area contributed by atoms with Crippen LogP contribution in [0.5, 0.6) is 11.5 Å². The maximum absolute atomic E-state index is 12.3. The van der Waals surface area contributed by atoms with Gasteiger partial charge in [0.2, 0.25) is 0 Å². The lowest BCUT2D eigenvalue weighted by Gasteiger charge is -2.12. The van der Waals surface area contributed by atoms with E-state index in [4.69, 9.17) is 14.2 Å². The van der Waals surface area contributed by atoms with Crippen LogP contribution in [0, 0.1) is 0 Å². The summed E-state index contributed by atoms with van der Waals surface area (Å²) in [6.07, 6.45) is 3.30. The number of hydrogen-bond acceptors (Lipinski definition) is 4. The van der Waals surface area contributed by atoms with E-state index in [2.05, 4.69) is 12.2 Å². The zero-order valence-corrected chi connectivity index (χ0v) is 15.1. The maximum Gasteiger partial charge on any atom is 0.255 e. The van der Waals surface area contributed by atoms with Gasteiger partial charge in [0.15, 0.2) is 0 Å². The molecule has 26 heavy (non-hydrogen) atoms. The number of nitrogens with one attached hydrogen (secondary N) is 1. The second-order valence-corrected chi connectivity index (χ2v) is 6.30. The van der Waals surface area contributed by atoms with Gasteiger partial charge in [-0.1, -0.05) is 6.92 Å². The molecule has 5 heteroatoms. The minimum atomic E-state index is -0.153. The summed E-state index contributed by atoms with van der Waals surface area (Å²) in [5, 5.41) is 2.89. The Morgan fingerprint density at radius 1 is 1.08 bits per heavy atom. The van der Waals surface area contributed by atoms with E-state index in [9.17, 15) is 4.79 Å². The molecule has 0 bridgehead atoms. The molecule has 1 amide bonds. The second-order valence-electron chi connectivity index (χ2n) is 6.30. The fourth-order valence-corrected chi connectivity index (χ4v) is 2.73. The summed E-state index contributed by atoms with van der Waals surface area (Å²) in [5.41, 5.74) is 1.32. The summed E-state index contributed by atoms with van der Waals surface area (Å²) in [6, 6.07) is 14.5. The Hall–Kier alpha value is -2.53. The van der Waals surface area contributed by atoms with Crippen LogP contribution in [0.1, 0.15) is 36.5 Å². The number of benzene rings is 2. The molecule has 2 aromatic rings. The van der Waals surface area contributed by atoms with Gasteiger partial charge in [-0.3, -0.25) is 4.79 Å². The van der Waals surface area contributed by atoms with Crippen LogP contribution in [0.2, 0.25) is 0 Å². The quantitative estimate of drug-likeness (QED) is 0.768. The van der Waals surface area contributed by atoms with E-state index in [-0.39, 0.29) is 12.0 Å². The highest BCUT2D eigenvalue weighted by molar-refractivity contribution is 6.04. The zero-order chi connectivity index (χ0) is 18.2. The topological polar surface area (TPSA) is 56.8 Å². The Morgan fingerprint density at radius 3 is 2.42 bits per heavy atom. The first kappa shape index (κ1) is 18.3. The third-order valence-corrected chi connectivity index (χ3v) is 4.16. The van der Waals surface area contributed by atoms with Crippen molar-refractivity contribution < 1.29 is 19.0 Å². The molecule has 0 spiro atoms. The molecule has 0 aliphatic carbocycles. The molecule has 3 rings (SSSR count). The number of rotatable bonds is 8. The van der Waals surface area contributed by atoms with Gasteiger partial charge in [-0.2, -0.15) is 0 Å². The van der Waals surface area contributed by atoms with Crippen LogP contribution < -0.4 is 14.8 Å². The van der Waals surface area contributed by atoms with Crippen molar-refractivity contribution in [3.05, 3.63) is 54.1 Å². The van der Waals surface area contributed by atoms with Crippen molar-refractivity contribution in [3.63, 3.8) is 0 Å². The predicted molar refractivity (Wildman–Crippen MR) is 101 cm³/mol. The molecular weight excluding hydrogens is 330 g/mol. The number of hydrogen-bond donors (Lipinski definition) is 1. The molecule has 0 radical (unpaired) electrons. The third kappa shape index (κ3) is 5.23. The van der Waals surface area contributed by atoms with Gasteiger partial charge >= 0.3 is 0 Å². The molecule has 0 aromatic heterocycles. The highest BCUT2D eigenvalue weighted by atomic mass is 16.5. The van der Waals surface area contributed by atoms with E-state index < -0.39 is 0 Å². The maximum atomic E-state index is 12.3. The summed E-state index contributed by atoms with van der Waals surface area (Å²) < 4.78 is 16.8. The molecule has 1 N–H and O–H groups in total. The van der Waals surface area contributed by atoms with Gasteiger partial charge in [0.1, 0.15) is 18.1 Å². The van der Waals surface area contributed by atoms with E-state index in [0.717, 1.165) is 43.1 Å². The van der Waals surface area contributed by atoms with Crippen LogP contribution in [-0.2, 0) is 4.74 Å². The molecule has 138 valence electrons. The van der Waals surface area contributed by atoms with Gasteiger partial charge in [-0.25, -0.2) is 0 Å². The van der Waals surface area contributed by atoms with Crippen molar-refractivity contribution in [1.82, 2.24) is 0 Å². The standard InChI is InChI=1S/C21H25NO4/c1-2-13-24-18-9-5-16(6-10-18)21(23)22-17-7-11-19(12-8-17)26-15-20-4-3-14-25-20/h5-12,20H,2-4,13-15H2,1H3,(H,22,23)/t20-/m0/s1. The van der Waals surface area contributed by atoms with Crippen LogP contribution in [-0.4, -0.2) is 31.8 Å². The van der Waals surface area contributed by atoms with Crippen LogP contribution in [0.4, 0.5) is 5.69 Å². The highest BCUT2D eigenvalue weighted by Gasteiger charge is 2.16. The van der Waals surface area contributed by atoms with Crippen LogP contribution in [0.3, 0.4) is 0 Å². The number of ether oxygens (including phenoxy) is 3. The van der Waals surface area contributed by atoms with Crippen molar-refractivity contribution in [3.8, 4) is 11.5 Å². The first-order valence-corrected chi connectivity index (χ1v) is 9.13. The zero-order valence-electron chi connectivity index (χ0n) is 15.1. The normalized spacial score (nSPS) is 16.3. The molecule has 0 saturated carbocycles. The Labute approximate surface area is 154 Å². The predicted octanol–water partition coefficient (Wildman–Crippen LogP) is 4.29. The van der Waals surface area contributed by atoms with Crippen LogP contribution in [0.25, 0.3) is 0 Å². The smallest absolute Gasteiger partial charge is 0.255 e. The molecule has 5 nitrogen and oxygen atoms in total. The average Bonchev–Trinajstić information content (AvgIpc) is 3.20. The molecule has 1 atom stereocenters. The molecule has 1 aliphatic rings. The molecule has 1 heterocycles. The van der Waals surface area contributed by atoms with Crippen molar-refractivity contribution in [2.45, 2.75) is 32.3 Å². The lowest BCUT2D eigenvalue weighted by Crippen LogP contribution is -2.16. The Kier molecular flexibility index (Phi) is 6.50. The average molecular weight is 355 g/mol. The number of carbonyl (C=O) groups excluding carboxylic acids is 1. The fourth-order valence-electron chi connectivity index (χ4n) is 2.73. The monoisotopic (exact) mass is 355 g/mol. The number of anilines is 1. The summed E-state index contributed by atoms with van der Waals surface area (Å²) in [6.45, 7) is 4.12. The van der Waals surface area contributed by atoms with Crippen molar-refractivity contribution in [1.29, 1.82) is 0 Å². The van der Waals surface area contributed by atoms with Crippen molar-refractivity contribution in [2.75, 3.05) is 25.1 Å². The summed E-state index contributed by atoms with van der Waals surface area (Å²) in [4.78, 5) is 12.3. The largest absolute Gasteiger partial charge is 0.494 e. The number of carbonyl (C=O) groups is 1. The van der Waals surface area contributed by atoms with E-state index in [1.165, 1.54) is 0 Å². The van der Waals surface area contributed by atoms with Gasteiger partial charge in [0, 0.05) is 17.9 Å². The van der Waals surface area contributed by atoms with E-state index in [0.29, 0.717) is 18.8 Å².